The Morgan fingerprint density at radius 2 is 1.29 bits per heavy atom. The Hall–Kier alpha value is -2.87. The SMILES string of the molecule is O=c1ccc(/C=C/c2ccccc2)cn1-c1ccccc1. The topological polar surface area (TPSA) is 22.0 Å². The molecule has 0 aliphatic rings. The largest absolute Gasteiger partial charge is 0.284 e. The van der Waals surface area contributed by atoms with Crippen molar-refractivity contribution in [2.75, 3.05) is 0 Å². The van der Waals surface area contributed by atoms with Gasteiger partial charge in [0.1, 0.15) is 0 Å². The summed E-state index contributed by atoms with van der Waals surface area (Å²) < 4.78 is 1.66. The van der Waals surface area contributed by atoms with Gasteiger partial charge in [0.05, 0.1) is 0 Å². The Balaban J connectivity index is 1.95. The third kappa shape index (κ3) is 3.18. The molecule has 0 N–H and O–H groups in total. The maximum absolute atomic E-state index is 12.0. The number of aromatic nitrogens is 1. The van der Waals surface area contributed by atoms with Crippen LogP contribution in [0.4, 0.5) is 0 Å². The summed E-state index contributed by atoms with van der Waals surface area (Å²) in [6.45, 7) is 0. The van der Waals surface area contributed by atoms with Gasteiger partial charge < -0.3 is 0 Å². The molecule has 1 heterocycles. The molecule has 3 rings (SSSR count). The van der Waals surface area contributed by atoms with Crippen molar-refractivity contribution in [1.82, 2.24) is 4.57 Å². The van der Waals surface area contributed by atoms with Gasteiger partial charge in [0.25, 0.3) is 5.56 Å². The van der Waals surface area contributed by atoms with Crippen LogP contribution in [0, 0.1) is 0 Å². The van der Waals surface area contributed by atoms with Crippen molar-refractivity contribution in [2.45, 2.75) is 0 Å². The van der Waals surface area contributed by atoms with Gasteiger partial charge in [-0.05, 0) is 29.3 Å². The molecular weight excluding hydrogens is 258 g/mol. The zero-order chi connectivity index (χ0) is 14.5. The normalized spacial score (nSPS) is 10.9. The molecule has 0 amide bonds. The molecule has 0 spiro atoms. The number of para-hydroxylation sites is 1. The predicted molar refractivity (Wildman–Crippen MR) is 87.4 cm³/mol. The van der Waals surface area contributed by atoms with Gasteiger partial charge in [-0.25, -0.2) is 0 Å². The third-order valence-electron chi connectivity index (χ3n) is 3.24. The highest BCUT2D eigenvalue weighted by atomic mass is 16.1. The smallest absolute Gasteiger partial charge is 0.255 e. The van der Waals surface area contributed by atoms with Crippen molar-refractivity contribution in [3.05, 3.63) is 100 Å². The van der Waals surface area contributed by atoms with Crippen molar-refractivity contribution >= 4 is 12.2 Å². The molecule has 21 heavy (non-hydrogen) atoms. The van der Waals surface area contributed by atoms with Gasteiger partial charge in [-0.1, -0.05) is 60.7 Å². The first-order valence-corrected chi connectivity index (χ1v) is 6.84. The van der Waals surface area contributed by atoms with Gasteiger partial charge >= 0.3 is 0 Å². The first kappa shape index (κ1) is 13.1. The minimum absolute atomic E-state index is 0.0296. The maximum atomic E-state index is 12.0. The van der Waals surface area contributed by atoms with Crippen LogP contribution in [-0.2, 0) is 0 Å². The van der Waals surface area contributed by atoms with E-state index >= 15 is 0 Å². The lowest BCUT2D eigenvalue weighted by atomic mass is 10.1. The average Bonchev–Trinajstić information content (AvgIpc) is 2.56. The van der Waals surface area contributed by atoms with Crippen molar-refractivity contribution in [3.8, 4) is 5.69 Å². The van der Waals surface area contributed by atoms with Crippen molar-refractivity contribution in [3.63, 3.8) is 0 Å². The molecule has 2 nitrogen and oxygen atoms in total. The molecule has 3 aromatic rings. The summed E-state index contributed by atoms with van der Waals surface area (Å²) in [6.07, 6.45) is 5.90. The monoisotopic (exact) mass is 273 g/mol. The Morgan fingerprint density at radius 3 is 2.00 bits per heavy atom. The predicted octanol–water partition coefficient (Wildman–Crippen LogP) is 4.01. The summed E-state index contributed by atoms with van der Waals surface area (Å²) in [4.78, 5) is 12.0. The van der Waals surface area contributed by atoms with Gasteiger partial charge in [0.15, 0.2) is 0 Å². The minimum atomic E-state index is -0.0296. The molecule has 2 aromatic carbocycles. The second kappa shape index (κ2) is 6.06. The standard InChI is InChI=1S/C19H15NO/c21-19-14-13-17(12-11-16-7-3-1-4-8-16)15-20(19)18-9-5-2-6-10-18/h1-15H/b12-11+. The van der Waals surface area contributed by atoms with Crippen LogP contribution in [0.3, 0.4) is 0 Å². The molecule has 0 saturated carbocycles. The van der Waals surface area contributed by atoms with Gasteiger partial charge in [-0.15, -0.1) is 0 Å². The van der Waals surface area contributed by atoms with Crippen molar-refractivity contribution in [2.24, 2.45) is 0 Å². The Kier molecular flexibility index (Phi) is 3.79. The summed E-state index contributed by atoms with van der Waals surface area (Å²) in [5, 5.41) is 0. The summed E-state index contributed by atoms with van der Waals surface area (Å²) in [6, 6.07) is 23.2. The van der Waals surface area contributed by atoms with Crippen LogP contribution in [-0.4, -0.2) is 4.57 Å². The number of pyridine rings is 1. The highest BCUT2D eigenvalue weighted by Crippen LogP contribution is 2.09. The molecule has 102 valence electrons. The quantitative estimate of drug-likeness (QED) is 0.706. The number of nitrogens with zero attached hydrogens (tertiary/aromatic N) is 1. The van der Waals surface area contributed by atoms with Crippen LogP contribution in [0.25, 0.3) is 17.8 Å². The Bertz CT molecular complexity index is 802. The van der Waals surface area contributed by atoms with E-state index in [1.165, 1.54) is 0 Å². The van der Waals surface area contributed by atoms with E-state index in [0.717, 1.165) is 16.8 Å². The number of hydrogen-bond donors (Lipinski definition) is 0. The van der Waals surface area contributed by atoms with Crippen LogP contribution < -0.4 is 5.56 Å². The summed E-state index contributed by atoms with van der Waals surface area (Å²) >= 11 is 0. The van der Waals surface area contributed by atoms with Crippen LogP contribution in [0.5, 0.6) is 0 Å². The van der Waals surface area contributed by atoms with Crippen LogP contribution in [0.2, 0.25) is 0 Å². The molecule has 0 atom stereocenters. The fourth-order valence-electron chi connectivity index (χ4n) is 2.15. The molecule has 2 heteroatoms. The van der Waals surface area contributed by atoms with E-state index in [2.05, 4.69) is 0 Å². The molecule has 0 fully saturated rings. The lowest BCUT2D eigenvalue weighted by molar-refractivity contribution is 0.987. The Labute approximate surface area is 123 Å². The molecule has 0 bridgehead atoms. The van der Waals surface area contributed by atoms with E-state index < -0.39 is 0 Å². The summed E-state index contributed by atoms with van der Waals surface area (Å²) in [7, 11) is 0. The van der Waals surface area contributed by atoms with E-state index in [0.29, 0.717) is 0 Å². The van der Waals surface area contributed by atoms with E-state index in [1.807, 2.05) is 85.1 Å². The lowest BCUT2D eigenvalue weighted by Crippen LogP contribution is -2.16. The Morgan fingerprint density at radius 1 is 0.667 bits per heavy atom. The molecule has 0 aliphatic carbocycles. The lowest BCUT2D eigenvalue weighted by Gasteiger charge is -2.06. The molecule has 0 saturated heterocycles. The van der Waals surface area contributed by atoms with Crippen LogP contribution in [0.15, 0.2) is 83.8 Å². The van der Waals surface area contributed by atoms with E-state index in [1.54, 1.807) is 10.6 Å². The fourth-order valence-corrected chi connectivity index (χ4v) is 2.15. The second-order valence-electron chi connectivity index (χ2n) is 4.75. The van der Waals surface area contributed by atoms with Crippen molar-refractivity contribution < 1.29 is 0 Å². The zero-order valence-electron chi connectivity index (χ0n) is 11.5. The molecule has 0 radical (unpaired) electrons. The molecular formula is C19H15NO. The van der Waals surface area contributed by atoms with Gasteiger partial charge in [-0.2, -0.15) is 0 Å². The zero-order valence-corrected chi connectivity index (χ0v) is 11.5. The first-order chi connectivity index (χ1) is 10.3. The summed E-state index contributed by atoms with van der Waals surface area (Å²) in [5.41, 5.74) is 2.97. The highest BCUT2D eigenvalue weighted by molar-refractivity contribution is 5.69. The maximum Gasteiger partial charge on any atom is 0.255 e. The second-order valence-corrected chi connectivity index (χ2v) is 4.75. The number of benzene rings is 2. The summed E-state index contributed by atoms with van der Waals surface area (Å²) in [5.74, 6) is 0. The fraction of sp³-hybridized carbons (Fsp3) is 0. The van der Waals surface area contributed by atoms with Crippen LogP contribution in [0.1, 0.15) is 11.1 Å². The first-order valence-electron chi connectivity index (χ1n) is 6.84. The van der Waals surface area contributed by atoms with E-state index in [9.17, 15) is 4.79 Å². The van der Waals surface area contributed by atoms with Crippen molar-refractivity contribution in [1.29, 1.82) is 0 Å². The van der Waals surface area contributed by atoms with Gasteiger partial charge in [-0.3, -0.25) is 9.36 Å². The number of rotatable bonds is 3. The van der Waals surface area contributed by atoms with E-state index in [-0.39, 0.29) is 5.56 Å². The van der Waals surface area contributed by atoms with Gasteiger partial charge in [0.2, 0.25) is 0 Å². The van der Waals surface area contributed by atoms with E-state index in [4.69, 9.17) is 0 Å². The number of hydrogen-bond acceptors (Lipinski definition) is 1. The molecule has 0 aliphatic heterocycles. The minimum Gasteiger partial charge on any atom is -0.284 e. The third-order valence-corrected chi connectivity index (χ3v) is 3.24. The molecule has 1 aromatic heterocycles. The van der Waals surface area contributed by atoms with Crippen LogP contribution >= 0.6 is 0 Å². The average molecular weight is 273 g/mol. The highest BCUT2D eigenvalue weighted by Gasteiger charge is 1.99. The van der Waals surface area contributed by atoms with Gasteiger partial charge in [0, 0.05) is 18.0 Å². The molecule has 0 unspecified atom stereocenters.